The Balaban J connectivity index is 1.99. The maximum Gasteiger partial charge on any atom is 0.249 e. The first-order chi connectivity index (χ1) is 16.0. The molecular weight excluding hydrogens is 422 g/mol. The van der Waals surface area contributed by atoms with Crippen molar-refractivity contribution < 1.29 is 23.8 Å². The summed E-state index contributed by atoms with van der Waals surface area (Å²) >= 11 is 0. The van der Waals surface area contributed by atoms with Crippen LogP contribution >= 0.6 is 0 Å². The zero-order valence-electron chi connectivity index (χ0n) is 20.1. The molecule has 0 spiro atoms. The van der Waals surface area contributed by atoms with Crippen LogP contribution in [0.4, 0.5) is 0 Å². The molecule has 0 atom stereocenters. The minimum Gasteiger partial charge on any atom is -0.383 e. The molecule has 1 heterocycles. The van der Waals surface area contributed by atoms with Gasteiger partial charge in [-0.1, -0.05) is 30.3 Å². The van der Waals surface area contributed by atoms with E-state index >= 15 is 0 Å². The molecule has 33 heavy (non-hydrogen) atoms. The molecule has 2 rings (SSSR count). The molecule has 0 bridgehead atoms. The summed E-state index contributed by atoms with van der Waals surface area (Å²) in [6.45, 7) is 5.12. The van der Waals surface area contributed by atoms with Crippen LogP contribution in [0, 0.1) is 0 Å². The molecule has 1 aromatic carbocycles. The van der Waals surface area contributed by atoms with E-state index in [1.807, 2.05) is 67.2 Å². The van der Waals surface area contributed by atoms with Gasteiger partial charge in [-0.25, -0.2) is 0 Å². The molecule has 2 amide bonds. The number of nitrogens with zero attached hydrogens (tertiary/aromatic N) is 3. The fraction of sp³-hybridized carbons (Fsp3) is 0.520. The molecule has 1 aromatic heterocycles. The van der Waals surface area contributed by atoms with E-state index in [1.54, 1.807) is 16.9 Å². The number of carbonyl (C=O) groups is 2. The summed E-state index contributed by atoms with van der Waals surface area (Å²) in [5, 5.41) is 0. The van der Waals surface area contributed by atoms with Gasteiger partial charge in [0, 0.05) is 52.4 Å². The Labute approximate surface area is 197 Å². The van der Waals surface area contributed by atoms with E-state index in [1.165, 1.54) is 0 Å². The molecule has 8 heteroatoms. The summed E-state index contributed by atoms with van der Waals surface area (Å²) in [7, 11) is 3.56. The van der Waals surface area contributed by atoms with E-state index in [9.17, 15) is 9.59 Å². The van der Waals surface area contributed by atoms with Crippen LogP contribution in [0.15, 0.2) is 48.7 Å². The van der Waals surface area contributed by atoms with Crippen LogP contribution in [-0.2, 0) is 44.0 Å². The number of benzene rings is 1. The Morgan fingerprint density at radius 2 is 1.73 bits per heavy atom. The maximum absolute atomic E-state index is 13.2. The lowest BCUT2D eigenvalue weighted by molar-refractivity contribution is -0.144. The fourth-order valence-electron chi connectivity index (χ4n) is 3.33. The highest BCUT2D eigenvalue weighted by atomic mass is 16.5. The van der Waals surface area contributed by atoms with Crippen LogP contribution in [0.2, 0.25) is 0 Å². The van der Waals surface area contributed by atoms with Gasteiger partial charge in [0.2, 0.25) is 11.8 Å². The molecule has 0 aliphatic heterocycles. The Morgan fingerprint density at radius 1 is 0.939 bits per heavy atom. The molecule has 0 fully saturated rings. The van der Waals surface area contributed by atoms with Crippen molar-refractivity contribution in [3.8, 4) is 0 Å². The molecule has 0 unspecified atom stereocenters. The monoisotopic (exact) mass is 459 g/mol. The molecule has 0 aliphatic carbocycles. The van der Waals surface area contributed by atoms with E-state index in [4.69, 9.17) is 14.2 Å². The van der Waals surface area contributed by atoms with E-state index in [-0.39, 0.29) is 25.0 Å². The Bertz CT molecular complexity index is 824. The van der Waals surface area contributed by atoms with Gasteiger partial charge in [-0.05, 0) is 31.0 Å². The molecule has 182 valence electrons. The number of aromatic nitrogens is 1. The third kappa shape index (κ3) is 9.77. The Kier molecular flexibility index (Phi) is 12.2. The number of methoxy groups -OCH3 is 1. The quantitative estimate of drug-likeness (QED) is 0.361. The van der Waals surface area contributed by atoms with Crippen LogP contribution in [-0.4, -0.2) is 79.4 Å². The van der Waals surface area contributed by atoms with Crippen molar-refractivity contribution in [1.82, 2.24) is 14.4 Å². The van der Waals surface area contributed by atoms with Gasteiger partial charge < -0.3 is 28.6 Å². The second-order valence-corrected chi connectivity index (χ2v) is 7.76. The molecule has 2 aromatic rings. The SMILES string of the molecule is CCOCCCN(CC(=O)N(CCOC)Cc1cccn1C)C(=O)COCc1ccccc1. The molecule has 0 saturated carbocycles. The van der Waals surface area contributed by atoms with E-state index in [0.29, 0.717) is 52.5 Å². The lowest BCUT2D eigenvalue weighted by atomic mass is 10.2. The number of rotatable bonds is 16. The van der Waals surface area contributed by atoms with Gasteiger partial charge in [0.25, 0.3) is 0 Å². The molecule has 0 saturated heterocycles. The minimum absolute atomic E-state index is 0.00616. The van der Waals surface area contributed by atoms with Crippen LogP contribution in [0.25, 0.3) is 0 Å². The summed E-state index contributed by atoms with van der Waals surface area (Å²) in [4.78, 5) is 29.4. The smallest absolute Gasteiger partial charge is 0.249 e. The summed E-state index contributed by atoms with van der Waals surface area (Å²) in [5.74, 6) is -0.331. The number of hydrogen-bond acceptors (Lipinski definition) is 5. The molecule has 0 aliphatic rings. The predicted molar refractivity (Wildman–Crippen MR) is 126 cm³/mol. The summed E-state index contributed by atoms with van der Waals surface area (Å²) < 4.78 is 18.2. The number of ether oxygens (including phenoxy) is 3. The van der Waals surface area contributed by atoms with Crippen molar-refractivity contribution in [2.45, 2.75) is 26.5 Å². The van der Waals surface area contributed by atoms with Crippen molar-refractivity contribution >= 4 is 11.8 Å². The second-order valence-electron chi connectivity index (χ2n) is 7.76. The zero-order valence-corrected chi connectivity index (χ0v) is 20.1. The highest BCUT2D eigenvalue weighted by Gasteiger charge is 2.22. The van der Waals surface area contributed by atoms with Gasteiger partial charge in [-0.2, -0.15) is 0 Å². The second kappa shape index (κ2) is 15.2. The highest BCUT2D eigenvalue weighted by molar-refractivity contribution is 5.85. The fourth-order valence-corrected chi connectivity index (χ4v) is 3.33. The van der Waals surface area contributed by atoms with Crippen molar-refractivity contribution in [1.29, 1.82) is 0 Å². The van der Waals surface area contributed by atoms with Crippen molar-refractivity contribution in [3.63, 3.8) is 0 Å². The lowest BCUT2D eigenvalue weighted by Crippen LogP contribution is -2.45. The van der Waals surface area contributed by atoms with E-state index in [2.05, 4.69) is 0 Å². The summed E-state index contributed by atoms with van der Waals surface area (Å²) in [6, 6.07) is 13.6. The molecule has 8 nitrogen and oxygen atoms in total. The molecule has 0 N–H and O–H groups in total. The van der Waals surface area contributed by atoms with Crippen molar-refractivity contribution in [2.75, 3.05) is 53.2 Å². The van der Waals surface area contributed by atoms with Gasteiger partial charge in [0.1, 0.15) is 6.61 Å². The third-order valence-corrected chi connectivity index (χ3v) is 5.26. The molecule has 0 radical (unpaired) electrons. The van der Waals surface area contributed by atoms with Crippen molar-refractivity contribution in [3.05, 3.63) is 59.9 Å². The first-order valence-electron chi connectivity index (χ1n) is 11.4. The Hall–Kier alpha value is -2.68. The average molecular weight is 460 g/mol. The highest BCUT2D eigenvalue weighted by Crippen LogP contribution is 2.08. The van der Waals surface area contributed by atoms with Crippen LogP contribution in [0.5, 0.6) is 0 Å². The maximum atomic E-state index is 13.2. The van der Waals surface area contributed by atoms with Gasteiger partial charge in [0.05, 0.1) is 26.3 Å². The third-order valence-electron chi connectivity index (χ3n) is 5.26. The summed E-state index contributed by atoms with van der Waals surface area (Å²) in [6.07, 6.45) is 2.60. The normalized spacial score (nSPS) is 10.9. The van der Waals surface area contributed by atoms with Crippen LogP contribution < -0.4 is 0 Å². The Morgan fingerprint density at radius 3 is 2.39 bits per heavy atom. The van der Waals surface area contributed by atoms with E-state index < -0.39 is 0 Å². The van der Waals surface area contributed by atoms with Gasteiger partial charge in [-0.15, -0.1) is 0 Å². The predicted octanol–water partition coefficient (Wildman–Crippen LogP) is 2.47. The van der Waals surface area contributed by atoms with Crippen LogP contribution in [0.3, 0.4) is 0 Å². The number of aryl methyl sites for hydroxylation is 1. The lowest BCUT2D eigenvalue weighted by Gasteiger charge is -2.28. The zero-order chi connectivity index (χ0) is 23.9. The average Bonchev–Trinajstić information content (AvgIpc) is 3.23. The summed E-state index contributed by atoms with van der Waals surface area (Å²) in [5.41, 5.74) is 2.01. The van der Waals surface area contributed by atoms with Crippen molar-refractivity contribution in [2.24, 2.45) is 7.05 Å². The van der Waals surface area contributed by atoms with E-state index in [0.717, 1.165) is 11.3 Å². The van der Waals surface area contributed by atoms with Gasteiger partial charge in [-0.3, -0.25) is 9.59 Å². The first-order valence-corrected chi connectivity index (χ1v) is 11.4. The molecular formula is C25H37N3O5. The largest absolute Gasteiger partial charge is 0.383 e. The standard InChI is InChI=1S/C25H37N3O5/c1-4-32-16-9-14-27(25(30)21-33-20-22-10-6-5-7-11-22)19-24(29)28(15-17-31-3)18-23-12-8-13-26(23)2/h5-8,10-13H,4,9,14-21H2,1-3H3. The number of amides is 2. The van der Waals surface area contributed by atoms with Gasteiger partial charge >= 0.3 is 0 Å². The van der Waals surface area contributed by atoms with Gasteiger partial charge in [0.15, 0.2) is 0 Å². The number of carbonyl (C=O) groups excluding carboxylic acids is 2. The first kappa shape index (κ1) is 26.6. The van der Waals surface area contributed by atoms with Crippen LogP contribution in [0.1, 0.15) is 24.6 Å². The topological polar surface area (TPSA) is 73.2 Å². The number of hydrogen-bond donors (Lipinski definition) is 0. The minimum atomic E-state index is -0.207.